The Bertz CT molecular complexity index is 258. The van der Waals surface area contributed by atoms with Crippen LogP contribution < -0.4 is 5.73 Å². The highest BCUT2D eigenvalue weighted by Crippen LogP contribution is 2.28. The smallest absolute Gasteiger partial charge is 0.0594 e. The number of nitrogens with two attached hydrogens (primary N) is 1. The maximum atomic E-state index is 5.99. The first-order chi connectivity index (χ1) is 8.52. The van der Waals surface area contributed by atoms with Gasteiger partial charge in [0.25, 0.3) is 0 Å². The van der Waals surface area contributed by atoms with Gasteiger partial charge in [-0.15, -0.1) is 0 Å². The Morgan fingerprint density at radius 1 is 1.22 bits per heavy atom. The molecule has 0 spiro atoms. The summed E-state index contributed by atoms with van der Waals surface area (Å²) in [5.41, 5.74) is 6.26. The summed E-state index contributed by atoms with van der Waals surface area (Å²) in [5.74, 6) is 0. The van der Waals surface area contributed by atoms with E-state index in [0.29, 0.717) is 12.1 Å². The Labute approximate surface area is 111 Å². The van der Waals surface area contributed by atoms with Crippen LogP contribution in [0.2, 0.25) is 0 Å². The summed E-state index contributed by atoms with van der Waals surface area (Å²) in [4.78, 5) is 5.19. The summed E-state index contributed by atoms with van der Waals surface area (Å²) in [6.07, 6.45) is 1.28. The quantitative estimate of drug-likeness (QED) is 0.809. The van der Waals surface area contributed by atoms with E-state index in [0.717, 1.165) is 32.8 Å². The van der Waals surface area contributed by atoms with Gasteiger partial charge in [-0.1, -0.05) is 20.8 Å². The maximum Gasteiger partial charge on any atom is 0.0594 e. The molecule has 0 radical (unpaired) electrons. The lowest BCUT2D eigenvalue weighted by molar-refractivity contribution is 0.0158. The van der Waals surface area contributed by atoms with Crippen molar-refractivity contribution in [3.8, 4) is 0 Å². The third-order valence-electron chi connectivity index (χ3n) is 4.42. The molecule has 0 amide bonds. The number of hydrogen-bond donors (Lipinski definition) is 1. The van der Waals surface area contributed by atoms with Crippen molar-refractivity contribution in [1.29, 1.82) is 0 Å². The molecule has 0 aliphatic carbocycles. The van der Waals surface area contributed by atoms with Gasteiger partial charge >= 0.3 is 0 Å². The Balaban J connectivity index is 1.90. The molecule has 0 bridgehead atoms. The Morgan fingerprint density at radius 2 is 1.89 bits per heavy atom. The van der Waals surface area contributed by atoms with Crippen LogP contribution in [0.1, 0.15) is 27.2 Å². The van der Waals surface area contributed by atoms with E-state index in [9.17, 15) is 0 Å². The molecule has 0 aromatic heterocycles. The molecular weight excluding hydrogens is 226 g/mol. The van der Waals surface area contributed by atoms with Gasteiger partial charge in [0.15, 0.2) is 0 Å². The average molecular weight is 255 g/mol. The van der Waals surface area contributed by atoms with E-state index in [-0.39, 0.29) is 5.41 Å². The fourth-order valence-corrected chi connectivity index (χ4v) is 3.34. The Hall–Kier alpha value is -0.160. The minimum atomic E-state index is 0.272. The van der Waals surface area contributed by atoms with Crippen molar-refractivity contribution in [2.24, 2.45) is 11.1 Å². The summed E-state index contributed by atoms with van der Waals surface area (Å²) < 4.78 is 5.43. The molecule has 2 unspecified atom stereocenters. The fraction of sp³-hybridized carbons (Fsp3) is 1.00. The van der Waals surface area contributed by atoms with Gasteiger partial charge in [-0.05, 0) is 11.8 Å². The third kappa shape index (κ3) is 3.23. The van der Waals surface area contributed by atoms with E-state index in [1.807, 2.05) is 0 Å². The van der Waals surface area contributed by atoms with Crippen LogP contribution in [-0.2, 0) is 4.74 Å². The number of rotatable bonds is 3. The second-order valence-corrected chi connectivity index (χ2v) is 6.70. The topological polar surface area (TPSA) is 41.7 Å². The first kappa shape index (κ1) is 14.3. The highest BCUT2D eigenvalue weighted by Gasteiger charge is 2.36. The molecule has 2 aliphatic rings. The predicted molar refractivity (Wildman–Crippen MR) is 74.7 cm³/mol. The molecule has 106 valence electrons. The van der Waals surface area contributed by atoms with E-state index >= 15 is 0 Å². The number of hydrogen-bond acceptors (Lipinski definition) is 4. The van der Waals surface area contributed by atoms with Gasteiger partial charge in [-0.25, -0.2) is 0 Å². The maximum absolute atomic E-state index is 5.99. The zero-order valence-electron chi connectivity index (χ0n) is 12.2. The molecule has 2 saturated heterocycles. The van der Waals surface area contributed by atoms with Gasteiger partial charge in [0, 0.05) is 44.8 Å². The van der Waals surface area contributed by atoms with Crippen molar-refractivity contribution in [3.63, 3.8) is 0 Å². The molecule has 2 rings (SSSR count). The minimum absolute atomic E-state index is 0.272. The molecule has 0 aromatic carbocycles. The summed E-state index contributed by atoms with van der Waals surface area (Å²) in [6.45, 7) is 14.0. The van der Waals surface area contributed by atoms with Gasteiger partial charge in [0.05, 0.1) is 13.2 Å². The van der Waals surface area contributed by atoms with Crippen molar-refractivity contribution in [3.05, 3.63) is 0 Å². The van der Waals surface area contributed by atoms with E-state index in [1.165, 1.54) is 19.5 Å². The first-order valence-corrected chi connectivity index (χ1v) is 7.28. The molecule has 2 heterocycles. The number of morpholine rings is 1. The highest BCUT2D eigenvalue weighted by molar-refractivity contribution is 4.92. The van der Waals surface area contributed by atoms with Gasteiger partial charge in [-0.3, -0.25) is 9.80 Å². The first-order valence-electron chi connectivity index (χ1n) is 7.28. The standard InChI is InChI=1S/C14H29N3O/c1-14(2,3)13(10-15)17-5-4-12(11-17)16-6-8-18-9-7-16/h12-13H,4-11,15H2,1-3H3. The number of nitrogens with zero attached hydrogens (tertiary/aromatic N) is 2. The average Bonchev–Trinajstić information content (AvgIpc) is 2.78. The van der Waals surface area contributed by atoms with E-state index in [4.69, 9.17) is 10.5 Å². The van der Waals surface area contributed by atoms with Crippen LogP contribution in [0.4, 0.5) is 0 Å². The summed E-state index contributed by atoms with van der Waals surface area (Å²) >= 11 is 0. The molecule has 2 fully saturated rings. The van der Waals surface area contributed by atoms with Crippen LogP contribution in [0.3, 0.4) is 0 Å². The number of likely N-dealkylation sites (tertiary alicyclic amines) is 1. The Kier molecular flexibility index (Phi) is 4.64. The second-order valence-electron chi connectivity index (χ2n) is 6.70. The second kappa shape index (κ2) is 5.87. The van der Waals surface area contributed by atoms with Crippen molar-refractivity contribution in [1.82, 2.24) is 9.80 Å². The lowest BCUT2D eigenvalue weighted by atomic mass is 9.86. The SMILES string of the molecule is CC(C)(C)C(CN)N1CCC(N2CCOCC2)C1. The summed E-state index contributed by atoms with van der Waals surface area (Å²) in [7, 11) is 0. The van der Waals surface area contributed by atoms with Crippen LogP contribution in [0.15, 0.2) is 0 Å². The molecule has 0 aromatic rings. The fourth-order valence-electron chi connectivity index (χ4n) is 3.34. The molecular formula is C14H29N3O. The zero-order valence-corrected chi connectivity index (χ0v) is 12.2. The molecule has 18 heavy (non-hydrogen) atoms. The third-order valence-corrected chi connectivity index (χ3v) is 4.42. The van der Waals surface area contributed by atoms with Crippen molar-refractivity contribution in [2.45, 2.75) is 39.3 Å². The van der Waals surface area contributed by atoms with Gasteiger partial charge in [0.2, 0.25) is 0 Å². The van der Waals surface area contributed by atoms with E-state index in [1.54, 1.807) is 0 Å². The minimum Gasteiger partial charge on any atom is -0.379 e. The largest absolute Gasteiger partial charge is 0.379 e. The Morgan fingerprint density at radius 3 is 2.44 bits per heavy atom. The summed E-state index contributed by atoms with van der Waals surface area (Å²) in [6, 6.07) is 1.22. The summed E-state index contributed by atoms with van der Waals surface area (Å²) in [5, 5.41) is 0. The molecule has 2 atom stereocenters. The monoisotopic (exact) mass is 255 g/mol. The zero-order chi connectivity index (χ0) is 13.2. The highest BCUT2D eigenvalue weighted by atomic mass is 16.5. The van der Waals surface area contributed by atoms with Crippen molar-refractivity contribution < 1.29 is 4.74 Å². The van der Waals surface area contributed by atoms with E-state index < -0.39 is 0 Å². The van der Waals surface area contributed by atoms with Crippen molar-refractivity contribution >= 4 is 0 Å². The van der Waals surface area contributed by atoms with Crippen molar-refractivity contribution in [2.75, 3.05) is 45.9 Å². The normalized spacial score (nSPS) is 29.7. The molecule has 4 nitrogen and oxygen atoms in total. The van der Waals surface area contributed by atoms with Crippen LogP contribution in [0.5, 0.6) is 0 Å². The predicted octanol–water partition coefficient (Wildman–Crippen LogP) is 0.766. The van der Waals surface area contributed by atoms with Gasteiger partial charge in [0.1, 0.15) is 0 Å². The van der Waals surface area contributed by atoms with Gasteiger partial charge in [-0.2, -0.15) is 0 Å². The molecule has 2 N–H and O–H groups in total. The number of ether oxygens (including phenoxy) is 1. The van der Waals surface area contributed by atoms with Crippen LogP contribution in [-0.4, -0.2) is 67.8 Å². The van der Waals surface area contributed by atoms with Gasteiger partial charge < -0.3 is 10.5 Å². The lowest BCUT2D eigenvalue weighted by Crippen LogP contribution is -2.50. The van der Waals surface area contributed by atoms with Crippen LogP contribution >= 0.6 is 0 Å². The van der Waals surface area contributed by atoms with Crippen LogP contribution in [0, 0.1) is 5.41 Å². The molecule has 2 aliphatic heterocycles. The lowest BCUT2D eigenvalue weighted by Gasteiger charge is -2.38. The van der Waals surface area contributed by atoms with E-state index in [2.05, 4.69) is 30.6 Å². The van der Waals surface area contributed by atoms with Crippen LogP contribution in [0.25, 0.3) is 0 Å². The molecule has 4 heteroatoms. The molecule has 0 saturated carbocycles.